The molecule has 1 rings (SSSR count). The third kappa shape index (κ3) is 7.63. The van der Waals surface area contributed by atoms with E-state index in [0.717, 1.165) is 19.6 Å². The molecule has 114 valence electrons. The molecule has 0 amide bonds. The Kier molecular flexibility index (Phi) is 7.82. The van der Waals surface area contributed by atoms with Crippen LogP contribution in [0.15, 0.2) is 24.3 Å². The molecule has 1 aromatic carbocycles. The molecule has 1 aromatic rings. The summed E-state index contributed by atoms with van der Waals surface area (Å²) in [6.07, 6.45) is 1.06. The summed E-state index contributed by atoms with van der Waals surface area (Å²) in [5.74, 6) is 0. The third-order valence-corrected chi connectivity index (χ3v) is 2.91. The molecule has 0 saturated carbocycles. The van der Waals surface area contributed by atoms with E-state index in [-0.39, 0.29) is 5.54 Å². The highest BCUT2D eigenvalue weighted by molar-refractivity contribution is 5.26. The highest BCUT2D eigenvalue weighted by Crippen LogP contribution is 2.12. The van der Waals surface area contributed by atoms with E-state index in [4.69, 9.17) is 9.47 Å². The monoisotopic (exact) mass is 279 g/mol. The van der Waals surface area contributed by atoms with Gasteiger partial charge in [-0.1, -0.05) is 31.2 Å². The van der Waals surface area contributed by atoms with Gasteiger partial charge in [-0.3, -0.25) is 0 Å². The summed E-state index contributed by atoms with van der Waals surface area (Å²) in [5.41, 5.74) is 2.68. The number of rotatable bonds is 9. The van der Waals surface area contributed by atoms with Crippen molar-refractivity contribution < 1.29 is 9.47 Å². The number of hydrogen-bond donors (Lipinski definition) is 1. The SMILES string of the molecule is CCCOCCOCc1ccccc1CNC(C)(C)C. The van der Waals surface area contributed by atoms with Crippen LogP contribution in [-0.4, -0.2) is 25.4 Å². The number of ether oxygens (including phenoxy) is 2. The van der Waals surface area contributed by atoms with Crippen LogP contribution in [0.2, 0.25) is 0 Å². The maximum Gasteiger partial charge on any atom is 0.0721 e. The van der Waals surface area contributed by atoms with Gasteiger partial charge in [-0.2, -0.15) is 0 Å². The average molecular weight is 279 g/mol. The summed E-state index contributed by atoms with van der Waals surface area (Å²) >= 11 is 0. The zero-order valence-corrected chi connectivity index (χ0v) is 13.4. The molecule has 0 saturated heterocycles. The molecule has 0 radical (unpaired) electrons. The van der Waals surface area contributed by atoms with Crippen LogP contribution in [0.3, 0.4) is 0 Å². The van der Waals surface area contributed by atoms with E-state index in [1.165, 1.54) is 11.1 Å². The van der Waals surface area contributed by atoms with Crippen molar-refractivity contribution in [2.75, 3.05) is 19.8 Å². The van der Waals surface area contributed by atoms with Gasteiger partial charge in [-0.15, -0.1) is 0 Å². The molecular formula is C17H29NO2. The van der Waals surface area contributed by atoms with Crippen molar-refractivity contribution in [1.29, 1.82) is 0 Å². The largest absolute Gasteiger partial charge is 0.379 e. The van der Waals surface area contributed by atoms with Gasteiger partial charge in [0.05, 0.1) is 19.8 Å². The zero-order chi connectivity index (χ0) is 14.8. The smallest absolute Gasteiger partial charge is 0.0721 e. The molecule has 20 heavy (non-hydrogen) atoms. The van der Waals surface area contributed by atoms with Crippen molar-refractivity contribution in [1.82, 2.24) is 5.32 Å². The summed E-state index contributed by atoms with van der Waals surface area (Å²) in [7, 11) is 0. The highest BCUT2D eigenvalue weighted by Gasteiger charge is 2.10. The second-order valence-electron chi connectivity index (χ2n) is 6.04. The van der Waals surface area contributed by atoms with Gasteiger partial charge in [0.2, 0.25) is 0 Å². The molecule has 0 spiro atoms. The maximum absolute atomic E-state index is 5.69. The molecule has 0 aliphatic carbocycles. The number of hydrogen-bond acceptors (Lipinski definition) is 3. The van der Waals surface area contributed by atoms with Crippen LogP contribution >= 0.6 is 0 Å². The van der Waals surface area contributed by atoms with E-state index >= 15 is 0 Å². The standard InChI is InChI=1S/C17H29NO2/c1-5-10-19-11-12-20-14-16-9-7-6-8-15(16)13-18-17(2,3)4/h6-9,18H,5,10-14H2,1-4H3. The lowest BCUT2D eigenvalue weighted by molar-refractivity contribution is 0.0406. The molecular weight excluding hydrogens is 250 g/mol. The van der Waals surface area contributed by atoms with E-state index in [2.05, 4.69) is 57.3 Å². The first kappa shape index (κ1) is 17.2. The van der Waals surface area contributed by atoms with Gasteiger partial charge in [0.15, 0.2) is 0 Å². The Morgan fingerprint density at radius 3 is 2.25 bits per heavy atom. The first-order chi connectivity index (χ1) is 9.53. The molecule has 0 aromatic heterocycles. The van der Waals surface area contributed by atoms with Crippen LogP contribution in [0.1, 0.15) is 45.2 Å². The zero-order valence-electron chi connectivity index (χ0n) is 13.4. The van der Waals surface area contributed by atoms with Gasteiger partial charge in [-0.05, 0) is 38.3 Å². The molecule has 0 atom stereocenters. The van der Waals surface area contributed by atoms with Gasteiger partial charge in [-0.25, -0.2) is 0 Å². The lowest BCUT2D eigenvalue weighted by Crippen LogP contribution is -2.35. The van der Waals surface area contributed by atoms with Crippen LogP contribution in [0.4, 0.5) is 0 Å². The quantitative estimate of drug-likeness (QED) is 0.702. The molecule has 3 heteroatoms. The van der Waals surface area contributed by atoms with Gasteiger partial charge in [0.1, 0.15) is 0 Å². The third-order valence-electron chi connectivity index (χ3n) is 2.91. The summed E-state index contributed by atoms with van der Waals surface area (Å²) in [6, 6.07) is 8.43. The van der Waals surface area contributed by atoms with Crippen molar-refractivity contribution in [2.24, 2.45) is 0 Å². The number of nitrogens with one attached hydrogen (secondary N) is 1. The van der Waals surface area contributed by atoms with Gasteiger partial charge >= 0.3 is 0 Å². The predicted molar refractivity (Wildman–Crippen MR) is 83.8 cm³/mol. The normalized spacial score (nSPS) is 11.8. The molecule has 0 aliphatic heterocycles. The Morgan fingerprint density at radius 2 is 1.60 bits per heavy atom. The van der Waals surface area contributed by atoms with E-state index in [9.17, 15) is 0 Å². The van der Waals surface area contributed by atoms with E-state index in [1.54, 1.807) is 0 Å². The Bertz CT molecular complexity index is 371. The van der Waals surface area contributed by atoms with Crippen molar-refractivity contribution in [2.45, 2.75) is 52.8 Å². The van der Waals surface area contributed by atoms with Gasteiger partial charge < -0.3 is 14.8 Å². The minimum atomic E-state index is 0.127. The minimum Gasteiger partial charge on any atom is -0.379 e. The second kappa shape index (κ2) is 9.11. The minimum absolute atomic E-state index is 0.127. The van der Waals surface area contributed by atoms with Crippen molar-refractivity contribution in [3.63, 3.8) is 0 Å². The predicted octanol–water partition coefficient (Wildman–Crippen LogP) is 3.52. The van der Waals surface area contributed by atoms with E-state index in [1.807, 2.05) is 0 Å². The first-order valence-electron chi connectivity index (χ1n) is 7.50. The van der Waals surface area contributed by atoms with Gasteiger partial charge in [0, 0.05) is 18.7 Å². The lowest BCUT2D eigenvalue weighted by atomic mass is 10.1. The Labute approximate surface area is 123 Å². The highest BCUT2D eigenvalue weighted by atomic mass is 16.5. The molecule has 3 nitrogen and oxygen atoms in total. The summed E-state index contributed by atoms with van der Waals surface area (Å²) in [6.45, 7) is 12.3. The molecule has 0 unspecified atom stereocenters. The fourth-order valence-electron chi connectivity index (χ4n) is 1.78. The fourth-order valence-corrected chi connectivity index (χ4v) is 1.78. The Balaban J connectivity index is 2.37. The molecule has 0 bridgehead atoms. The van der Waals surface area contributed by atoms with Crippen molar-refractivity contribution >= 4 is 0 Å². The Morgan fingerprint density at radius 1 is 0.950 bits per heavy atom. The van der Waals surface area contributed by atoms with Crippen LogP contribution in [0.5, 0.6) is 0 Å². The van der Waals surface area contributed by atoms with Crippen LogP contribution in [0, 0.1) is 0 Å². The summed E-state index contributed by atoms with van der Waals surface area (Å²) in [5, 5.41) is 3.52. The van der Waals surface area contributed by atoms with Crippen LogP contribution < -0.4 is 5.32 Å². The molecule has 0 heterocycles. The summed E-state index contributed by atoms with van der Waals surface area (Å²) < 4.78 is 11.1. The topological polar surface area (TPSA) is 30.5 Å². The van der Waals surface area contributed by atoms with Crippen LogP contribution in [0.25, 0.3) is 0 Å². The first-order valence-corrected chi connectivity index (χ1v) is 7.50. The molecule has 1 N–H and O–H groups in total. The lowest BCUT2D eigenvalue weighted by Gasteiger charge is -2.21. The Hall–Kier alpha value is -0.900. The van der Waals surface area contributed by atoms with Crippen molar-refractivity contribution in [3.05, 3.63) is 35.4 Å². The summed E-state index contributed by atoms with van der Waals surface area (Å²) in [4.78, 5) is 0. The van der Waals surface area contributed by atoms with E-state index < -0.39 is 0 Å². The van der Waals surface area contributed by atoms with Gasteiger partial charge in [0.25, 0.3) is 0 Å². The van der Waals surface area contributed by atoms with E-state index in [0.29, 0.717) is 19.8 Å². The molecule has 0 aliphatic rings. The number of benzene rings is 1. The van der Waals surface area contributed by atoms with Crippen LogP contribution in [-0.2, 0) is 22.6 Å². The van der Waals surface area contributed by atoms with Crippen molar-refractivity contribution in [3.8, 4) is 0 Å². The fraction of sp³-hybridized carbons (Fsp3) is 0.647. The average Bonchev–Trinajstić information content (AvgIpc) is 2.40. The second-order valence-corrected chi connectivity index (χ2v) is 6.04. The maximum atomic E-state index is 5.69. The molecule has 0 fully saturated rings.